The van der Waals surface area contributed by atoms with E-state index in [9.17, 15) is 15.8 Å². The zero-order chi connectivity index (χ0) is 19.9. The second-order valence-electron chi connectivity index (χ2n) is 5.91. The monoisotopic (exact) mass is 377 g/mol. The van der Waals surface area contributed by atoms with Gasteiger partial charge in [-0.05, 0) is 12.2 Å². The van der Waals surface area contributed by atoms with Crippen LogP contribution in [0.25, 0.3) is 0 Å². The Balaban J connectivity index is 2.81. The Labute approximate surface area is 163 Å². The Morgan fingerprint density at radius 2 is 1.89 bits per heavy atom. The fourth-order valence-electron chi connectivity index (χ4n) is 2.59. The Kier molecular flexibility index (Phi) is 6.66. The topological polar surface area (TPSA) is 96.2 Å². The number of nitriles is 3. The zero-order valence-electron chi connectivity index (χ0n) is 15.4. The highest BCUT2D eigenvalue weighted by molar-refractivity contribution is 8.00. The minimum Gasteiger partial charge on any atom is -0.450 e. The summed E-state index contributed by atoms with van der Waals surface area (Å²) in [7, 11) is 3.60. The van der Waals surface area contributed by atoms with Crippen molar-refractivity contribution in [1.29, 1.82) is 15.8 Å². The maximum Gasteiger partial charge on any atom is 0.235 e. The molecule has 0 saturated carbocycles. The summed E-state index contributed by atoms with van der Waals surface area (Å²) < 4.78 is 6.22. The van der Waals surface area contributed by atoms with Crippen molar-refractivity contribution in [1.82, 2.24) is 4.90 Å². The molecule has 7 heteroatoms. The summed E-state index contributed by atoms with van der Waals surface area (Å²) in [6.07, 6.45) is 2.39. The number of benzene rings is 1. The third kappa shape index (κ3) is 3.97. The van der Waals surface area contributed by atoms with E-state index in [1.165, 1.54) is 18.1 Å². The summed E-state index contributed by atoms with van der Waals surface area (Å²) in [4.78, 5) is 4.82. The SMILES string of the molecule is CCCS[C@@]1(c2ccccc2)OC(N=CN(C)C)=C(C#N)C1=C(C#N)C#N. The molecule has 136 valence electrons. The largest absolute Gasteiger partial charge is 0.450 e. The lowest BCUT2D eigenvalue weighted by atomic mass is 9.93. The van der Waals surface area contributed by atoms with E-state index in [1.807, 2.05) is 49.4 Å². The number of aliphatic imine (C=N–C) groups is 1. The van der Waals surface area contributed by atoms with Gasteiger partial charge in [0.2, 0.25) is 10.8 Å². The van der Waals surface area contributed by atoms with E-state index in [0.717, 1.165) is 12.0 Å². The molecule has 1 atom stereocenters. The Morgan fingerprint density at radius 1 is 1.22 bits per heavy atom. The lowest BCUT2D eigenvalue weighted by Gasteiger charge is -2.30. The third-order valence-corrected chi connectivity index (χ3v) is 5.23. The van der Waals surface area contributed by atoms with Crippen LogP contribution in [0, 0.1) is 34.0 Å². The number of rotatable bonds is 6. The van der Waals surface area contributed by atoms with Crippen LogP contribution >= 0.6 is 11.8 Å². The van der Waals surface area contributed by atoms with Crippen LogP contribution in [0.5, 0.6) is 0 Å². The Morgan fingerprint density at radius 3 is 2.41 bits per heavy atom. The number of hydrogen-bond donors (Lipinski definition) is 0. The van der Waals surface area contributed by atoms with Gasteiger partial charge in [0.1, 0.15) is 29.4 Å². The second-order valence-corrected chi connectivity index (χ2v) is 7.18. The van der Waals surface area contributed by atoms with Gasteiger partial charge in [0.15, 0.2) is 0 Å². The molecule has 0 spiro atoms. The van der Waals surface area contributed by atoms with Crippen molar-refractivity contribution in [2.45, 2.75) is 18.3 Å². The van der Waals surface area contributed by atoms with Gasteiger partial charge in [-0.25, -0.2) is 4.99 Å². The highest BCUT2D eigenvalue weighted by atomic mass is 32.2. The molecule has 0 amide bonds. The van der Waals surface area contributed by atoms with Gasteiger partial charge in [0.05, 0.1) is 11.9 Å². The third-order valence-electron chi connectivity index (χ3n) is 3.69. The lowest BCUT2D eigenvalue weighted by molar-refractivity contribution is 0.134. The first-order valence-electron chi connectivity index (χ1n) is 8.32. The predicted octanol–water partition coefficient (Wildman–Crippen LogP) is 3.68. The van der Waals surface area contributed by atoms with Crippen LogP contribution in [0.1, 0.15) is 18.9 Å². The van der Waals surface area contributed by atoms with Crippen molar-refractivity contribution in [3.8, 4) is 18.2 Å². The van der Waals surface area contributed by atoms with E-state index in [4.69, 9.17) is 4.74 Å². The van der Waals surface area contributed by atoms with E-state index >= 15 is 0 Å². The summed E-state index contributed by atoms with van der Waals surface area (Å²) in [5.74, 6) is 0.822. The molecule has 0 N–H and O–H groups in total. The van der Waals surface area contributed by atoms with Gasteiger partial charge in [0, 0.05) is 19.7 Å². The number of nitrogens with zero attached hydrogens (tertiary/aromatic N) is 5. The molecule has 1 aromatic rings. The molecule has 1 aliphatic heterocycles. The molecule has 0 fully saturated rings. The molecule has 1 aromatic carbocycles. The average molecular weight is 377 g/mol. The van der Waals surface area contributed by atoms with E-state index in [2.05, 4.69) is 11.1 Å². The molecule has 27 heavy (non-hydrogen) atoms. The average Bonchev–Trinajstić information content (AvgIpc) is 3.01. The number of ether oxygens (including phenoxy) is 1. The first-order chi connectivity index (χ1) is 13.0. The summed E-state index contributed by atoms with van der Waals surface area (Å²) in [5.41, 5.74) is 0.988. The molecule has 1 heterocycles. The van der Waals surface area contributed by atoms with E-state index < -0.39 is 4.93 Å². The van der Waals surface area contributed by atoms with Crippen LogP contribution in [-0.4, -0.2) is 31.1 Å². The van der Waals surface area contributed by atoms with Crippen molar-refractivity contribution < 1.29 is 4.74 Å². The van der Waals surface area contributed by atoms with Crippen LogP contribution in [0.4, 0.5) is 0 Å². The molecule has 0 bridgehead atoms. The van der Waals surface area contributed by atoms with Crippen molar-refractivity contribution in [3.63, 3.8) is 0 Å². The first-order valence-corrected chi connectivity index (χ1v) is 9.31. The minimum atomic E-state index is -1.16. The molecule has 6 nitrogen and oxygen atoms in total. The number of hydrogen-bond acceptors (Lipinski definition) is 6. The van der Waals surface area contributed by atoms with Gasteiger partial charge in [-0.15, -0.1) is 11.8 Å². The molecule has 1 aliphatic rings. The maximum absolute atomic E-state index is 9.78. The highest BCUT2D eigenvalue weighted by Gasteiger charge is 2.50. The molecule has 0 saturated heterocycles. The smallest absolute Gasteiger partial charge is 0.235 e. The molecule has 2 rings (SSSR count). The van der Waals surface area contributed by atoms with Crippen LogP contribution in [0.15, 0.2) is 57.9 Å². The Bertz CT molecular complexity index is 896. The summed E-state index contributed by atoms with van der Waals surface area (Å²) in [6, 6.07) is 15.2. The highest BCUT2D eigenvalue weighted by Crippen LogP contribution is 2.54. The maximum atomic E-state index is 9.78. The molecule has 0 radical (unpaired) electrons. The second kappa shape index (κ2) is 8.94. The summed E-state index contributed by atoms with van der Waals surface area (Å²) in [5, 5.41) is 28.8. The minimum absolute atomic E-state index is 0.108. The van der Waals surface area contributed by atoms with E-state index in [-0.39, 0.29) is 22.6 Å². The molecule has 0 aliphatic carbocycles. The fraction of sp³-hybridized carbons (Fsp3) is 0.300. The molecule has 0 unspecified atom stereocenters. The van der Waals surface area contributed by atoms with Crippen molar-refractivity contribution in [3.05, 3.63) is 58.5 Å². The van der Waals surface area contributed by atoms with Crippen LogP contribution in [0.2, 0.25) is 0 Å². The summed E-state index contributed by atoms with van der Waals surface area (Å²) >= 11 is 1.45. The lowest BCUT2D eigenvalue weighted by Crippen LogP contribution is -2.26. The van der Waals surface area contributed by atoms with E-state index in [0.29, 0.717) is 5.75 Å². The quantitative estimate of drug-likeness (QED) is 0.426. The van der Waals surface area contributed by atoms with Gasteiger partial charge in [-0.3, -0.25) is 0 Å². The summed E-state index contributed by atoms with van der Waals surface area (Å²) in [6.45, 7) is 2.03. The van der Waals surface area contributed by atoms with Gasteiger partial charge in [-0.2, -0.15) is 15.8 Å². The van der Waals surface area contributed by atoms with Crippen molar-refractivity contribution >= 4 is 18.1 Å². The number of thioether (sulfide) groups is 1. The van der Waals surface area contributed by atoms with E-state index in [1.54, 1.807) is 19.0 Å². The van der Waals surface area contributed by atoms with Gasteiger partial charge < -0.3 is 9.64 Å². The molecular formula is C20H19N5OS. The standard InChI is InChI=1S/C20H19N5OS/c1-4-10-27-20(16-8-6-5-7-9-16)18(15(11-21)12-22)17(13-23)19(26-20)24-14-25(2)3/h5-9,14H,4,10H2,1-3H3/t20-/m1/s1. The van der Waals surface area contributed by atoms with Gasteiger partial charge >= 0.3 is 0 Å². The normalized spacial score (nSPS) is 18.6. The predicted molar refractivity (Wildman–Crippen MR) is 105 cm³/mol. The fourth-order valence-corrected chi connectivity index (χ4v) is 3.87. The van der Waals surface area contributed by atoms with Gasteiger partial charge in [-0.1, -0.05) is 37.3 Å². The first kappa shape index (κ1) is 20.1. The Hall–Kier alpha value is -3.21. The number of allylic oxidation sites excluding steroid dienone is 1. The van der Waals surface area contributed by atoms with Crippen LogP contribution in [0.3, 0.4) is 0 Å². The van der Waals surface area contributed by atoms with Crippen LogP contribution < -0.4 is 0 Å². The van der Waals surface area contributed by atoms with Crippen molar-refractivity contribution in [2.75, 3.05) is 19.8 Å². The zero-order valence-corrected chi connectivity index (χ0v) is 16.2. The molecule has 0 aromatic heterocycles. The van der Waals surface area contributed by atoms with Crippen LogP contribution in [-0.2, 0) is 9.67 Å². The van der Waals surface area contributed by atoms with Gasteiger partial charge in [0.25, 0.3) is 0 Å². The molecular weight excluding hydrogens is 358 g/mol. The van der Waals surface area contributed by atoms with Crippen molar-refractivity contribution in [2.24, 2.45) is 4.99 Å².